The SMILES string of the molecule is CC1C(NCc2ccc(Cl)cc2)CCC(C(=O)O)C1(C)C. The molecule has 0 amide bonds. The van der Waals surface area contributed by atoms with Gasteiger partial charge < -0.3 is 10.4 Å². The molecule has 2 N–H and O–H groups in total. The Kier molecular flexibility index (Phi) is 4.95. The van der Waals surface area contributed by atoms with E-state index < -0.39 is 5.97 Å². The number of hydrogen-bond acceptors (Lipinski definition) is 2. The minimum Gasteiger partial charge on any atom is -0.481 e. The molecular formula is C17H24ClNO2. The van der Waals surface area contributed by atoms with Gasteiger partial charge in [-0.2, -0.15) is 0 Å². The molecule has 3 nitrogen and oxygen atoms in total. The second-order valence-electron chi connectivity index (χ2n) is 6.69. The first-order valence-electron chi connectivity index (χ1n) is 7.53. The summed E-state index contributed by atoms with van der Waals surface area (Å²) in [5.74, 6) is -0.594. The van der Waals surface area contributed by atoms with E-state index in [1.807, 2.05) is 24.3 Å². The minimum atomic E-state index is -0.664. The van der Waals surface area contributed by atoms with Gasteiger partial charge in [0.1, 0.15) is 0 Å². The van der Waals surface area contributed by atoms with Gasteiger partial charge >= 0.3 is 5.97 Å². The first-order valence-corrected chi connectivity index (χ1v) is 7.91. The molecule has 116 valence electrons. The van der Waals surface area contributed by atoms with E-state index in [0.717, 1.165) is 24.4 Å². The maximum atomic E-state index is 11.4. The molecule has 1 aliphatic carbocycles. The minimum absolute atomic E-state index is 0.193. The van der Waals surface area contributed by atoms with Crippen LogP contribution in [-0.2, 0) is 11.3 Å². The quantitative estimate of drug-likeness (QED) is 0.885. The van der Waals surface area contributed by atoms with E-state index in [1.54, 1.807) is 0 Å². The molecule has 1 saturated carbocycles. The third kappa shape index (κ3) is 3.58. The fourth-order valence-corrected chi connectivity index (χ4v) is 3.50. The summed E-state index contributed by atoms with van der Waals surface area (Å²) < 4.78 is 0. The lowest BCUT2D eigenvalue weighted by molar-refractivity contribution is -0.150. The zero-order valence-electron chi connectivity index (χ0n) is 12.9. The van der Waals surface area contributed by atoms with Crippen molar-refractivity contribution >= 4 is 17.6 Å². The van der Waals surface area contributed by atoms with Crippen molar-refractivity contribution in [3.8, 4) is 0 Å². The van der Waals surface area contributed by atoms with E-state index >= 15 is 0 Å². The average Bonchev–Trinajstić information content (AvgIpc) is 2.42. The van der Waals surface area contributed by atoms with Crippen LogP contribution in [0.4, 0.5) is 0 Å². The van der Waals surface area contributed by atoms with Gasteiger partial charge in [-0.1, -0.05) is 44.5 Å². The maximum Gasteiger partial charge on any atom is 0.307 e. The van der Waals surface area contributed by atoms with Crippen LogP contribution in [0.25, 0.3) is 0 Å². The van der Waals surface area contributed by atoms with Crippen molar-refractivity contribution in [1.29, 1.82) is 0 Å². The van der Waals surface area contributed by atoms with Crippen molar-refractivity contribution in [1.82, 2.24) is 5.32 Å². The van der Waals surface area contributed by atoms with Crippen molar-refractivity contribution in [3.63, 3.8) is 0 Å². The average molecular weight is 310 g/mol. The van der Waals surface area contributed by atoms with E-state index in [4.69, 9.17) is 11.6 Å². The van der Waals surface area contributed by atoms with Gasteiger partial charge in [-0.3, -0.25) is 4.79 Å². The number of benzene rings is 1. The van der Waals surface area contributed by atoms with Crippen LogP contribution in [0.5, 0.6) is 0 Å². The third-order valence-electron chi connectivity index (χ3n) is 5.22. The number of aliphatic carboxylic acids is 1. The Morgan fingerprint density at radius 1 is 1.33 bits per heavy atom. The summed E-state index contributed by atoms with van der Waals surface area (Å²) >= 11 is 5.89. The molecule has 3 atom stereocenters. The van der Waals surface area contributed by atoms with E-state index in [-0.39, 0.29) is 11.3 Å². The number of nitrogens with one attached hydrogen (secondary N) is 1. The Labute approximate surface area is 131 Å². The summed E-state index contributed by atoms with van der Waals surface area (Å²) in [6.45, 7) is 7.10. The first kappa shape index (κ1) is 16.3. The Morgan fingerprint density at radius 2 is 1.95 bits per heavy atom. The molecule has 1 fully saturated rings. The molecule has 1 aromatic carbocycles. The molecule has 0 aliphatic heterocycles. The van der Waals surface area contributed by atoms with Crippen molar-refractivity contribution < 1.29 is 9.90 Å². The zero-order valence-corrected chi connectivity index (χ0v) is 13.7. The van der Waals surface area contributed by atoms with Crippen LogP contribution in [0.2, 0.25) is 5.02 Å². The molecule has 0 radical (unpaired) electrons. The predicted octanol–water partition coefficient (Wildman–Crippen LogP) is 3.96. The van der Waals surface area contributed by atoms with Gasteiger partial charge in [-0.25, -0.2) is 0 Å². The van der Waals surface area contributed by atoms with Crippen LogP contribution < -0.4 is 5.32 Å². The van der Waals surface area contributed by atoms with E-state index in [1.165, 1.54) is 5.56 Å². The largest absolute Gasteiger partial charge is 0.481 e. The lowest BCUT2D eigenvalue weighted by Crippen LogP contribution is -2.50. The number of carbonyl (C=O) groups is 1. The number of carboxylic acids is 1. The van der Waals surface area contributed by atoms with Gasteiger partial charge in [-0.05, 0) is 41.9 Å². The molecule has 0 bridgehead atoms. The van der Waals surface area contributed by atoms with Crippen LogP contribution in [0.15, 0.2) is 24.3 Å². The molecule has 21 heavy (non-hydrogen) atoms. The van der Waals surface area contributed by atoms with E-state index in [9.17, 15) is 9.90 Å². The van der Waals surface area contributed by atoms with Gasteiger partial charge in [0.15, 0.2) is 0 Å². The first-order chi connectivity index (χ1) is 9.82. The molecular weight excluding hydrogens is 286 g/mol. The summed E-state index contributed by atoms with van der Waals surface area (Å²) in [5, 5.41) is 13.7. The van der Waals surface area contributed by atoms with Crippen LogP contribution in [0.1, 0.15) is 39.2 Å². The van der Waals surface area contributed by atoms with Crippen LogP contribution in [0.3, 0.4) is 0 Å². The normalized spacial score (nSPS) is 28.3. The smallest absolute Gasteiger partial charge is 0.307 e. The van der Waals surface area contributed by atoms with Crippen molar-refractivity contribution in [3.05, 3.63) is 34.9 Å². The number of hydrogen-bond donors (Lipinski definition) is 2. The highest BCUT2D eigenvalue weighted by Gasteiger charge is 2.45. The molecule has 3 unspecified atom stereocenters. The number of carboxylic acid groups (broad SMARTS) is 1. The molecule has 2 rings (SSSR count). The Balaban J connectivity index is 1.99. The van der Waals surface area contributed by atoms with Gasteiger partial charge in [0.05, 0.1) is 5.92 Å². The lowest BCUT2D eigenvalue weighted by Gasteiger charge is -2.46. The topological polar surface area (TPSA) is 49.3 Å². The van der Waals surface area contributed by atoms with Crippen LogP contribution >= 0.6 is 11.6 Å². The highest BCUT2D eigenvalue weighted by Crippen LogP contribution is 2.45. The highest BCUT2D eigenvalue weighted by molar-refractivity contribution is 6.30. The third-order valence-corrected chi connectivity index (χ3v) is 5.47. The van der Waals surface area contributed by atoms with Gasteiger partial charge in [0, 0.05) is 17.6 Å². The maximum absolute atomic E-state index is 11.4. The second-order valence-corrected chi connectivity index (χ2v) is 7.13. The van der Waals surface area contributed by atoms with Crippen molar-refractivity contribution in [2.45, 2.75) is 46.2 Å². The molecule has 0 aromatic heterocycles. The number of halogens is 1. The van der Waals surface area contributed by atoms with Crippen molar-refractivity contribution in [2.75, 3.05) is 0 Å². The molecule has 0 saturated heterocycles. The second kappa shape index (κ2) is 6.37. The summed E-state index contributed by atoms with van der Waals surface area (Å²) in [5.41, 5.74) is 1.01. The summed E-state index contributed by atoms with van der Waals surface area (Å²) in [6.07, 6.45) is 1.65. The molecule has 4 heteroatoms. The standard InChI is InChI=1S/C17H24ClNO2/c1-11-15(9-8-14(16(20)21)17(11,2)3)19-10-12-4-6-13(18)7-5-12/h4-7,11,14-15,19H,8-10H2,1-3H3,(H,20,21). The molecule has 1 aliphatic rings. The van der Waals surface area contributed by atoms with E-state index in [2.05, 4.69) is 26.1 Å². The fraction of sp³-hybridized carbons (Fsp3) is 0.588. The van der Waals surface area contributed by atoms with Gasteiger partial charge in [0.25, 0.3) is 0 Å². The monoisotopic (exact) mass is 309 g/mol. The van der Waals surface area contributed by atoms with Crippen LogP contribution in [0, 0.1) is 17.3 Å². The van der Waals surface area contributed by atoms with Gasteiger partial charge in [0.2, 0.25) is 0 Å². The van der Waals surface area contributed by atoms with Crippen LogP contribution in [-0.4, -0.2) is 17.1 Å². The summed E-state index contributed by atoms with van der Waals surface area (Å²) in [7, 11) is 0. The van der Waals surface area contributed by atoms with Crippen molar-refractivity contribution in [2.24, 2.45) is 17.3 Å². The molecule has 1 aromatic rings. The fourth-order valence-electron chi connectivity index (χ4n) is 3.38. The molecule has 0 spiro atoms. The highest BCUT2D eigenvalue weighted by atomic mass is 35.5. The van der Waals surface area contributed by atoms with E-state index in [0.29, 0.717) is 12.0 Å². The zero-order chi connectivity index (χ0) is 15.6. The summed E-state index contributed by atoms with van der Waals surface area (Å²) in [6, 6.07) is 8.19. The predicted molar refractivity (Wildman–Crippen MR) is 85.4 cm³/mol. The Morgan fingerprint density at radius 3 is 2.52 bits per heavy atom. The Bertz CT molecular complexity index is 498. The van der Waals surface area contributed by atoms with Gasteiger partial charge in [-0.15, -0.1) is 0 Å². The number of rotatable bonds is 4. The molecule has 0 heterocycles. The summed E-state index contributed by atoms with van der Waals surface area (Å²) in [4.78, 5) is 11.4. The lowest BCUT2D eigenvalue weighted by atomic mass is 9.61. The Hall–Kier alpha value is -1.06.